The molecule has 20 heavy (non-hydrogen) atoms. The Morgan fingerprint density at radius 1 is 1.25 bits per heavy atom. The molecule has 0 N–H and O–H groups in total. The van der Waals surface area contributed by atoms with Crippen LogP contribution in [0.3, 0.4) is 0 Å². The number of esters is 1. The Hall–Kier alpha value is -0.953. The highest BCUT2D eigenvalue weighted by Gasteiger charge is 2.38. The number of allylic oxidation sites excluding steroid dienone is 1. The molecule has 6 heteroatoms. The van der Waals surface area contributed by atoms with E-state index in [2.05, 4.69) is 13.5 Å². The van der Waals surface area contributed by atoms with E-state index < -0.39 is 8.80 Å². The van der Waals surface area contributed by atoms with Gasteiger partial charge in [-0.1, -0.05) is 25.7 Å². The lowest BCUT2D eigenvalue weighted by atomic mass is 10.4. The standard InChI is InChI=1S/C14H26O5Si/c1-6-7-8-11-19-20(16-4,17-5)12-9-10-18-14(15)13(2)3/h7-8H,2,6,9-12H2,1,3-5H3. The van der Waals surface area contributed by atoms with Crippen LogP contribution in [0.4, 0.5) is 0 Å². The van der Waals surface area contributed by atoms with Crippen LogP contribution >= 0.6 is 0 Å². The van der Waals surface area contributed by atoms with Crippen molar-refractivity contribution in [3.05, 3.63) is 24.3 Å². The summed E-state index contributed by atoms with van der Waals surface area (Å²) >= 11 is 0. The van der Waals surface area contributed by atoms with Crippen molar-refractivity contribution in [1.29, 1.82) is 0 Å². The van der Waals surface area contributed by atoms with E-state index in [4.69, 9.17) is 18.0 Å². The van der Waals surface area contributed by atoms with Gasteiger partial charge in [0.15, 0.2) is 0 Å². The monoisotopic (exact) mass is 302 g/mol. The van der Waals surface area contributed by atoms with Crippen molar-refractivity contribution >= 4 is 14.8 Å². The zero-order chi connectivity index (χ0) is 15.4. The number of carbonyl (C=O) groups is 1. The number of hydrogen-bond donors (Lipinski definition) is 0. The predicted molar refractivity (Wildman–Crippen MR) is 80.4 cm³/mol. The van der Waals surface area contributed by atoms with E-state index in [9.17, 15) is 4.79 Å². The Morgan fingerprint density at radius 3 is 2.40 bits per heavy atom. The summed E-state index contributed by atoms with van der Waals surface area (Å²) < 4.78 is 21.6. The quantitative estimate of drug-likeness (QED) is 0.193. The molecule has 0 heterocycles. The molecule has 116 valence electrons. The van der Waals surface area contributed by atoms with Gasteiger partial charge < -0.3 is 18.0 Å². The predicted octanol–water partition coefficient (Wildman–Crippen LogP) is 2.71. The zero-order valence-electron chi connectivity index (χ0n) is 12.9. The summed E-state index contributed by atoms with van der Waals surface area (Å²) in [6, 6.07) is 0.601. The summed E-state index contributed by atoms with van der Waals surface area (Å²) in [7, 11) is 0.507. The molecule has 0 atom stereocenters. The Labute approximate surface area is 122 Å². The molecule has 0 aliphatic heterocycles. The lowest BCUT2D eigenvalue weighted by molar-refractivity contribution is -0.139. The van der Waals surface area contributed by atoms with Crippen molar-refractivity contribution in [2.45, 2.75) is 32.7 Å². The van der Waals surface area contributed by atoms with Crippen LogP contribution in [0.5, 0.6) is 0 Å². The van der Waals surface area contributed by atoms with Gasteiger partial charge in [-0.2, -0.15) is 0 Å². The number of carbonyl (C=O) groups excluding carboxylic acids is 1. The summed E-state index contributed by atoms with van der Waals surface area (Å²) in [5.74, 6) is -0.376. The van der Waals surface area contributed by atoms with Gasteiger partial charge >= 0.3 is 14.8 Å². The van der Waals surface area contributed by atoms with Crippen LogP contribution in [0.25, 0.3) is 0 Å². The van der Waals surface area contributed by atoms with E-state index in [-0.39, 0.29) is 5.97 Å². The maximum atomic E-state index is 11.2. The van der Waals surface area contributed by atoms with E-state index in [0.29, 0.717) is 31.3 Å². The second-order valence-corrected chi connectivity index (χ2v) is 7.27. The molecule has 5 nitrogen and oxygen atoms in total. The Bertz CT molecular complexity index is 324. The van der Waals surface area contributed by atoms with Crippen molar-refractivity contribution in [2.75, 3.05) is 27.4 Å². The summed E-state index contributed by atoms with van der Waals surface area (Å²) in [6.07, 6.45) is 5.57. The first kappa shape index (κ1) is 19.0. The molecule has 0 saturated carbocycles. The number of ether oxygens (including phenoxy) is 1. The minimum atomic E-state index is -2.66. The minimum Gasteiger partial charge on any atom is -0.462 e. The third-order valence-electron chi connectivity index (χ3n) is 2.63. The topological polar surface area (TPSA) is 54.0 Å². The van der Waals surface area contributed by atoms with E-state index in [0.717, 1.165) is 6.42 Å². The first-order chi connectivity index (χ1) is 9.51. The van der Waals surface area contributed by atoms with Gasteiger partial charge in [0.25, 0.3) is 0 Å². The van der Waals surface area contributed by atoms with E-state index in [1.54, 1.807) is 21.1 Å². The van der Waals surface area contributed by atoms with Gasteiger partial charge in [0, 0.05) is 25.8 Å². The molecule has 0 radical (unpaired) electrons. The molecule has 0 aromatic rings. The first-order valence-corrected chi connectivity index (χ1v) is 8.66. The Kier molecular flexibility index (Phi) is 10.3. The third kappa shape index (κ3) is 7.59. The second kappa shape index (κ2) is 10.8. The molecule has 0 bridgehead atoms. The van der Waals surface area contributed by atoms with Crippen LogP contribution < -0.4 is 0 Å². The summed E-state index contributed by atoms with van der Waals surface area (Å²) in [4.78, 5) is 11.2. The maximum Gasteiger partial charge on any atom is 0.500 e. The van der Waals surface area contributed by atoms with Crippen molar-refractivity contribution < 1.29 is 22.8 Å². The lowest BCUT2D eigenvalue weighted by Gasteiger charge is -2.25. The minimum absolute atomic E-state index is 0.307. The fourth-order valence-corrected chi connectivity index (χ4v) is 3.35. The maximum absolute atomic E-state index is 11.2. The highest BCUT2D eigenvalue weighted by Crippen LogP contribution is 2.16. The largest absolute Gasteiger partial charge is 0.500 e. The molecular weight excluding hydrogens is 276 g/mol. The molecule has 0 saturated heterocycles. The van der Waals surface area contributed by atoms with Crippen LogP contribution in [-0.2, 0) is 22.8 Å². The fourth-order valence-electron chi connectivity index (χ4n) is 1.46. The fraction of sp³-hybridized carbons (Fsp3) is 0.643. The molecular formula is C14H26O5Si. The molecule has 0 spiro atoms. The molecule has 0 rings (SSSR count). The third-order valence-corrected chi connectivity index (χ3v) is 5.45. The molecule has 0 aliphatic rings. The summed E-state index contributed by atoms with van der Waals surface area (Å²) in [6.45, 7) is 7.98. The average Bonchev–Trinajstić information content (AvgIpc) is 2.45. The lowest BCUT2D eigenvalue weighted by Crippen LogP contribution is -2.44. The van der Waals surface area contributed by atoms with Gasteiger partial charge in [0.05, 0.1) is 13.2 Å². The summed E-state index contributed by atoms with van der Waals surface area (Å²) in [5.41, 5.74) is 0.396. The smallest absolute Gasteiger partial charge is 0.462 e. The van der Waals surface area contributed by atoms with Crippen LogP contribution in [0.1, 0.15) is 26.7 Å². The molecule has 0 fully saturated rings. The van der Waals surface area contributed by atoms with Crippen molar-refractivity contribution in [3.8, 4) is 0 Å². The van der Waals surface area contributed by atoms with Crippen LogP contribution in [0.2, 0.25) is 6.04 Å². The van der Waals surface area contributed by atoms with Crippen molar-refractivity contribution in [1.82, 2.24) is 0 Å². The molecule has 0 aromatic carbocycles. The van der Waals surface area contributed by atoms with Gasteiger partial charge in [-0.15, -0.1) is 0 Å². The van der Waals surface area contributed by atoms with Gasteiger partial charge in [0.1, 0.15) is 0 Å². The molecule has 0 aliphatic carbocycles. The molecule has 0 amide bonds. The van der Waals surface area contributed by atoms with Crippen molar-refractivity contribution in [3.63, 3.8) is 0 Å². The zero-order valence-corrected chi connectivity index (χ0v) is 13.9. The highest BCUT2D eigenvalue weighted by atomic mass is 28.4. The van der Waals surface area contributed by atoms with E-state index in [1.165, 1.54) is 0 Å². The Balaban J connectivity index is 4.15. The summed E-state index contributed by atoms with van der Waals surface area (Å²) in [5, 5.41) is 0. The van der Waals surface area contributed by atoms with Gasteiger partial charge in [0.2, 0.25) is 0 Å². The van der Waals surface area contributed by atoms with Crippen LogP contribution in [-0.4, -0.2) is 42.2 Å². The number of rotatable bonds is 11. The van der Waals surface area contributed by atoms with Gasteiger partial charge in [-0.25, -0.2) is 4.79 Å². The second-order valence-electron chi connectivity index (χ2n) is 4.30. The number of hydrogen-bond acceptors (Lipinski definition) is 5. The molecule has 0 unspecified atom stereocenters. The van der Waals surface area contributed by atoms with Crippen molar-refractivity contribution in [2.24, 2.45) is 0 Å². The highest BCUT2D eigenvalue weighted by molar-refractivity contribution is 6.60. The van der Waals surface area contributed by atoms with Crippen LogP contribution in [0, 0.1) is 0 Å². The normalized spacial score (nSPS) is 11.8. The molecule has 0 aromatic heterocycles. The van der Waals surface area contributed by atoms with E-state index in [1.807, 2.05) is 12.2 Å². The first-order valence-electron chi connectivity index (χ1n) is 6.73. The Morgan fingerprint density at radius 2 is 1.90 bits per heavy atom. The van der Waals surface area contributed by atoms with Gasteiger partial charge in [-0.3, -0.25) is 0 Å². The average molecular weight is 302 g/mol. The van der Waals surface area contributed by atoms with E-state index >= 15 is 0 Å². The van der Waals surface area contributed by atoms with Crippen LogP contribution in [0.15, 0.2) is 24.3 Å². The SMILES string of the molecule is C=C(C)C(=O)OCCC[Si](OC)(OC)OCC=CCC. The van der Waals surface area contributed by atoms with Gasteiger partial charge in [-0.05, 0) is 19.8 Å².